The second-order valence-electron chi connectivity index (χ2n) is 7.75. The summed E-state index contributed by atoms with van der Waals surface area (Å²) in [6.07, 6.45) is 9.13. The van der Waals surface area contributed by atoms with Gasteiger partial charge in [-0.25, -0.2) is 0 Å². The van der Waals surface area contributed by atoms with E-state index in [1.54, 1.807) is 12.5 Å². The highest BCUT2D eigenvalue weighted by Crippen LogP contribution is 2.41. The number of hydrogen-bond donors (Lipinski definition) is 0. The van der Waals surface area contributed by atoms with Gasteiger partial charge < -0.3 is 0 Å². The normalized spacial score (nSPS) is 20.9. The van der Waals surface area contributed by atoms with Crippen LogP contribution in [0.1, 0.15) is 74.1 Å². The minimum atomic E-state index is 0.0150. The predicted octanol–water partition coefficient (Wildman–Crippen LogP) is 5.95. The van der Waals surface area contributed by atoms with Gasteiger partial charge in [0.25, 0.3) is 0 Å². The van der Waals surface area contributed by atoms with Crippen molar-refractivity contribution in [2.45, 2.75) is 84.1 Å². The minimum absolute atomic E-state index is 0.0150. The van der Waals surface area contributed by atoms with Crippen molar-refractivity contribution < 1.29 is 4.79 Å². The lowest BCUT2D eigenvalue weighted by molar-refractivity contribution is -0.117. The van der Waals surface area contributed by atoms with E-state index in [0.29, 0.717) is 17.1 Å². The van der Waals surface area contributed by atoms with Crippen molar-refractivity contribution in [2.24, 2.45) is 5.41 Å². The van der Waals surface area contributed by atoms with Crippen LogP contribution < -0.4 is 0 Å². The number of carbonyl (C=O) groups excluding carboxylic acids is 1. The molecule has 0 radical (unpaired) electrons. The van der Waals surface area contributed by atoms with Crippen LogP contribution in [-0.4, -0.2) is 15.8 Å². The van der Waals surface area contributed by atoms with Crippen LogP contribution in [0.3, 0.4) is 0 Å². The number of thioether (sulfide) groups is 1. The topological polar surface area (TPSA) is 17.1 Å². The highest BCUT2D eigenvalue weighted by atomic mass is 32.2. The average molecular weight is 309 g/mol. The Hall–Kier alpha value is -0.500. The summed E-state index contributed by atoms with van der Waals surface area (Å²) in [5.74, 6) is 0.274. The first-order chi connectivity index (χ1) is 9.53. The van der Waals surface area contributed by atoms with Crippen molar-refractivity contribution in [1.82, 2.24) is 0 Å². The largest absolute Gasteiger partial charge is 0.300 e. The van der Waals surface area contributed by atoms with Gasteiger partial charge in [0.15, 0.2) is 0 Å². The first-order valence-electron chi connectivity index (χ1n) is 8.09. The maximum absolute atomic E-state index is 11.3. The SMILES string of the molecule is CC(=O)CC(C)(C)SC(C)/C=C/C1=C(C)CCCC1(C)C. The molecule has 0 aromatic heterocycles. The standard InChI is InChI=1S/C19H32OS/c1-14-9-8-12-18(4,5)17(14)11-10-16(3)21-19(6,7)13-15(2)20/h10-11,16H,8-9,12-13H2,1-7H3/b11-10+. The lowest BCUT2D eigenvalue weighted by Crippen LogP contribution is -2.22. The third-order valence-electron chi connectivity index (χ3n) is 4.26. The molecule has 1 unspecified atom stereocenters. The molecule has 0 aliphatic heterocycles. The molecule has 1 atom stereocenters. The minimum Gasteiger partial charge on any atom is -0.300 e. The van der Waals surface area contributed by atoms with E-state index in [0.717, 1.165) is 0 Å². The van der Waals surface area contributed by atoms with Crippen molar-refractivity contribution in [3.8, 4) is 0 Å². The summed E-state index contributed by atoms with van der Waals surface area (Å²) in [6, 6.07) is 0. The van der Waals surface area contributed by atoms with Gasteiger partial charge in [0.05, 0.1) is 0 Å². The Bertz CT molecular complexity index is 440. The van der Waals surface area contributed by atoms with Crippen LogP contribution in [0.2, 0.25) is 0 Å². The molecule has 0 bridgehead atoms. The maximum atomic E-state index is 11.3. The highest BCUT2D eigenvalue weighted by Gasteiger charge is 2.27. The average Bonchev–Trinajstić information content (AvgIpc) is 2.24. The summed E-state index contributed by atoms with van der Waals surface area (Å²) in [4.78, 5) is 11.3. The van der Waals surface area contributed by atoms with E-state index in [-0.39, 0.29) is 10.5 Å². The van der Waals surface area contributed by atoms with Gasteiger partial charge in [-0.05, 0) is 51.0 Å². The van der Waals surface area contributed by atoms with Crippen molar-refractivity contribution in [3.05, 3.63) is 23.3 Å². The molecule has 0 amide bonds. The van der Waals surface area contributed by atoms with Crippen molar-refractivity contribution in [2.75, 3.05) is 0 Å². The van der Waals surface area contributed by atoms with Gasteiger partial charge in [-0.15, -0.1) is 11.8 Å². The van der Waals surface area contributed by atoms with Crippen LogP contribution in [0.5, 0.6) is 0 Å². The zero-order valence-electron chi connectivity index (χ0n) is 14.9. The number of Topliss-reactive ketones (excluding diaryl/α,β-unsaturated/α-hetero) is 1. The number of carbonyl (C=O) groups is 1. The van der Waals surface area contributed by atoms with Crippen molar-refractivity contribution in [1.29, 1.82) is 0 Å². The molecule has 21 heavy (non-hydrogen) atoms. The maximum Gasteiger partial charge on any atom is 0.131 e. The van der Waals surface area contributed by atoms with Crippen LogP contribution >= 0.6 is 11.8 Å². The monoisotopic (exact) mass is 308 g/mol. The number of rotatable bonds is 6. The molecule has 0 spiro atoms. The molecule has 1 rings (SSSR count). The first kappa shape index (κ1) is 18.5. The van der Waals surface area contributed by atoms with E-state index in [1.165, 1.54) is 24.8 Å². The van der Waals surface area contributed by atoms with Crippen molar-refractivity contribution in [3.63, 3.8) is 0 Å². The quantitative estimate of drug-likeness (QED) is 0.603. The van der Waals surface area contributed by atoms with Crippen LogP contribution in [0.15, 0.2) is 23.3 Å². The lowest BCUT2D eigenvalue weighted by atomic mass is 9.72. The first-order valence-corrected chi connectivity index (χ1v) is 8.97. The zero-order valence-corrected chi connectivity index (χ0v) is 15.7. The Balaban J connectivity index is 2.73. The third kappa shape index (κ3) is 6.02. The molecule has 1 nitrogen and oxygen atoms in total. The molecular weight excluding hydrogens is 276 g/mol. The zero-order chi connectivity index (χ0) is 16.3. The van der Waals surface area contributed by atoms with E-state index in [1.807, 2.05) is 11.8 Å². The van der Waals surface area contributed by atoms with Gasteiger partial charge in [0.1, 0.15) is 5.78 Å². The Morgan fingerprint density at radius 3 is 2.57 bits per heavy atom. The lowest BCUT2D eigenvalue weighted by Gasteiger charge is -2.33. The fourth-order valence-electron chi connectivity index (χ4n) is 3.43. The molecule has 0 aromatic rings. The Kier molecular flexibility index (Phi) is 6.34. The van der Waals surface area contributed by atoms with Gasteiger partial charge in [0.2, 0.25) is 0 Å². The molecule has 120 valence electrons. The number of hydrogen-bond acceptors (Lipinski definition) is 2. The van der Waals surface area contributed by atoms with Crippen LogP contribution in [0.4, 0.5) is 0 Å². The predicted molar refractivity (Wildman–Crippen MR) is 95.9 cm³/mol. The van der Waals surface area contributed by atoms with Gasteiger partial charge >= 0.3 is 0 Å². The summed E-state index contributed by atoms with van der Waals surface area (Å²) in [5.41, 5.74) is 3.37. The van der Waals surface area contributed by atoms with Gasteiger partial charge in [-0.3, -0.25) is 4.79 Å². The molecule has 0 saturated heterocycles. The van der Waals surface area contributed by atoms with E-state index in [2.05, 4.69) is 53.7 Å². The van der Waals surface area contributed by atoms with Gasteiger partial charge in [-0.1, -0.05) is 45.4 Å². The van der Waals surface area contributed by atoms with Gasteiger partial charge in [0, 0.05) is 16.4 Å². The Morgan fingerprint density at radius 1 is 1.43 bits per heavy atom. The molecule has 0 heterocycles. The molecule has 1 aliphatic carbocycles. The molecule has 2 heteroatoms. The van der Waals surface area contributed by atoms with Crippen molar-refractivity contribution >= 4 is 17.5 Å². The van der Waals surface area contributed by atoms with Crippen LogP contribution in [0.25, 0.3) is 0 Å². The summed E-state index contributed by atoms with van der Waals surface area (Å²) in [5, 5.41) is 0.428. The second kappa shape index (κ2) is 7.17. The van der Waals surface area contributed by atoms with E-state index < -0.39 is 0 Å². The fourth-order valence-corrected chi connectivity index (χ4v) is 4.88. The summed E-state index contributed by atoms with van der Waals surface area (Å²) in [7, 11) is 0. The fraction of sp³-hybridized carbons (Fsp3) is 0.737. The molecule has 1 aliphatic rings. The molecular formula is C19H32OS. The summed E-state index contributed by atoms with van der Waals surface area (Å²) >= 11 is 1.89. The van der Waals surface area contributed by atoms with Gasteiger partial charge in [-0.2, -0.15) is 0 Å². The Morgan fingerprint density at radius 2 is 2.05 bits per heavy atom. The van der Waals surface area contributed by atoms with E-state index in [4.69, 9.17) is 0 Å². The van der Waals surface area contributed by atoms with Crippen LogP contribution in [0, 0.1) is 5.41 Å². The number of allylic oxidation sites excluding steroid dienone is 3. The number of ketones is 1. The van der Waals surface area contributed by atoms with E-state index >= 15 is 0 Å². The smallest absolute Gasteiger partial charge is 0.131 e. The molecule has 0 aromatic carbocycles. The third-order valence-corrected chi connectivity index (χ3v) is 5.57. The van der Waals surface area contributed by atoms with E-state index in [9.17, 15) is 4.79 Å². The van der Waals surface area contributed by atoms with Crippen LogP contribution in [-0.2, 0) is 4.79 Å². The summed E-state index contributed by atoms with van der Waals surface area (Å²) < 4.78 is 0.0150. The summed E-state index contributed by atoms with van der Waals surface area (Å²) in [6.45, 7) is 15.2. The molecule has 0 saturated carbocycles. The highest BCUT2D eigenvalue weighted by molar-refractivity contribution is 8.01. The second-order valence-corrected chi connectivity index (χ2v) is 9.84. The molecule has 0 N–H and O–H groups in total. The molecule has 0 fully saturated rings. The Labute approximate surface area is 135 Å².